The van der Waals surface area contributed by atoms with Crippen molar-refractivity contribution in [1.82, 2.24) is 10.2 Å². The molecule has 0 aromatic carbocycles. The van der Waals surface area contributed by atoms with Crippen LogP contribution in [0.4, 0.5) is 4.79 Å². The van der Waals surface area contributed by atoms with E-state index >= 15 is 0 Å². The van der Waals surface area contributed by atoms with E-state index in [1.807, 2.05) is 6.92 Å². The molecule has 0 radical (unpaired) electrons. The van der Waals surface area contributed by atoms with Gasteiger partial charge in [-0.15, -0.1) is 0 Å². The Morgan fingerprint density at radius 1 is 1.56 bits per heavy atom. The Kier molecular flexibility index (Phi) is 5.04. The molecule has 94 valence electrons. The molecule has 2 amide bonds. The minimum Gasteiger partial charge on any atom is -0.399 e. The summed E-state index contributed by atoms with van der Waals surface area (Å²) < 4.78 is 0. The molecule has 1 rings (SSSR count). The molecule has 0 spiro atoms. The van der Waals surface area contributed by atoms with E-state index in [0.29, 0.717) is 32.5 Å². The Hall–Kier alpha value is -0.303. The van der Waals surface area contributed by atoms with Gasteiger partial charge in [-0.1, -0.05) is 24.4 Å². The Labute approximate surface area is 101 Å². The predicted molar refractivity (Wildman–Crippen MR) is 64.3 cm³/mol. The second-order valence-electron chi connectivity index (χ2n) is 4.13. The van der Waals surface area contributed by atoms with Crippen LogP contribution < -0.4 is 5.32 Å². The lowest BCUT2D eigenvalue weighted by molar-refractivity contribution is 0.215. The van der Waals surface area contributed by atoms with E-state index in [9.17, 15) is 14.4 Å². The molecule has 1 unspecified atom stereocenters. The van der Waals surface area contributed by atoms with Crippen LogP contribution >= 0.6 is 11.1 Å². The minimum absolute atomic E-state index is 0.0760. The topological polar surface area (TPSA) is 72.8 Å². The normalized spacial score (nSPS) is 18.8. The summed E-state index contributed by atoms with van der Waals surface area (Å²) in [5.41, 5.74) is -0.271. The number of rotatable bonds is 6. The number of carbonyl (C=O) groups excluding carboxylic acids is 1. The van der Waals surface area contributed by atoms with E-state index in [-0.39, 0.29) is 11.6 Å². The first-order valence-electron chi connectivity index (χ1n) is 5.61. The molecule has 7 heteroatoms. The van der Waals surface area contributed by atoms with Crippen molar-refractivity contribution < 1.29 is 14.4 Å². The van der Waals surface area contributed by atoms with E-state index in [4.69, 9.17) is 11.1 Å². The van der Waals surface area contributed by atoms with Crippen LogP contribution in [0.2, 0.25) is 5.54 Å². The van der Waals surface area contributed by atoms with E-state index < -0.39 is 7.87 Å². The van der Waals surface area contributed by atoms with Crippen molar-refractivity contribution >= 4 is 25.0 Å². The lowest BCUT2D eigenvalue weighted by Crippen LogP contribution is -2.37. The highest BCUT2D eigenvalue weighted by Gasteiger charge is 2.37. The molecule has 0 aromatic rings. The Bertz CT molecular complexity index is 247. The smallest absolute Gasteiger partial charge is 0.399 e. The summed E-state index contributed by atoms with van der Waals surface area (Å²) in [4.78, 5) is 31.9. The average molecular weight is 267 g/mol. The fourth-order valence-corrected chi connectivity index (χ4v) is 3.70. The number of carbonyl (C=O) groups is 1. The van der Waals surface area contributed by atoms with E-state index in [0.717, 1.165) is 6.42 Å². The Balaban J connectivity index is 2.40. The number of nitrogens with one attached hydrogen (secondary N) is 1. The van der Waals surface area contributed by atoms with E-state index in [1.54, 1.807) is 4.90 Å². The van der Waals surface area contributed by atoms with Gasteiger partial charge in [0.1, 0.15) is 0 Å². The van der Waals surface area contributed by atoms with Gasteiger partial charge in [0.2, 0.25) is 0 Å². The van der Waals surface area contributed by atoms with E-state index in [2.05, 4.69) is 5.32 Å². The lowest BCUT2D eigenvalue weighted by Gasteiger charge is -2.24. The van der Waals surface area contributed by atoms with Gasteiger partial charge in [0, 0.05) is 25.2 Å². The lowest BCUT2D eigenvalue weighted by atomic mass is 10.2. The maximum Gasteiger partial charge on any atom is 0.441 e. The standard InChI is InChI=1S/C9H19ClN2O3Si/c1-2-3-8(16(10,14)15)4-6-12-7-5-11-9(12)13/h8,14-15H,2-7H2,1H3,(H,11,13). The summed E-state index contributed by atoms with van der Waals surface area (Å²) in [7, 11) is -3.59. The van der Waals surface area contributed by atoms with Crippen molar-refractivity contribution in [2.45, 2.75) is 31.7 Å². The third kappa shape index (κ3) is 3.93. The molecule has 1 aliphatic heterocycles. The van der Waals surface area contributed by atoms with Crippen molar-refractivity contribution in [3.05, 3.63) is 0 Å². The molecule has 0 bridgehead atoms. The molecule has 1 heterocycles. The van der Waals surface area contributed by atoms with Gasteiger partial charge < -0.3 is 19.8 Å². The van der Waals surface area contributed by atoms with Gasteiger partial charge in [-0.2, -0.15) is 0 Å². The summed E-state index contributed by atoms with van der Waals surface area (Å²) in [5, 5.41) is 2.70. The average Bonchev–Trinajstić information content (AvgIpc) is 2.57. The molecular formula is C9H19ClN2O3Si. The fourth-order valence-electron chi connectivity index (χ4n) is 1.90. The van der Waals surface area contributed by atoms with Crippen molar-refractivity contribution in [1.29, 1.82) is 0 Å². The van der Waals surface area contributed by atoms with Crippen LogP contribution in [0.25, 0.3) is 0 Å². The third-order valence-corrected chi connectivity index (χ3v) is 5.39. The van der Waals surface area contributed by atoms with Crippen LogP contribution in [0.5, 0.6) is 0 Å². The van der Waals surface area contributed by atoms with Gasteiger partial charge in [0.05, 0.1) is 0 Å². The molecule has 1 aliphatic rings. The maximum atomic E-state index is 11.3. The monoisotopic (exact) mass is 266 g/mol. The highest BCUT2D eigenvalue weighted by Crippen LogP contribution is 2.29. The first kappa shape index (κ1) is 13.8. The highest BCUT2D eigenvalue weighted by atomic mass is 35.6. The van der Waals surface area contributed by atoms with Gasteiger partial charge >= 0.3 is 13.9 Å². The van der Waals surface area contributed by atoms with Gasteiger partial charge in [-0.05, 0) is 12.8 Å². The first-order chi connectivity index (χ1) is 7.45. The second kappa shape index (κ2) is 5.86. The first-order valence-corrected chi connectivity index (χ1v) is 8.60. The summed E-state index contributed by atoms with van der Waals surface area (Å²) >= 11 is 5.63. The van der Waals surface area contributed by atoms with Gasteiger partial charge in [0.15, 0.2) is 0 Å². The Morgan fingerprint density at radius 3 is 2.69 bits per heavy atom. The van der Waals surface area contributed by atoms with Crippen molar-refractivity contribution in [2.24, 2.45) is 0 Å². The van der Waals surface area contributed by atoms with Crippen molar-refractivity contribution in [2.75, 3.05) is 19.6 Å². The molecule has 0 saturated carbocycles. The number of hydrogen-bond donors (Lipinski definition) is 3. The minimum atomic E-state index is -3.59. The third-order valence-electron chi connectivity index (χ3n) is 2.85. The number of amides is 2. The van der Waals surface area contributed by atoms with Gasteiger partial charge in [-0.25, -0.2) is 4.79 Å². The molecular weight excluding hydrogens is 248 g/mol. The molecule has 16 heavy (non-hydrogen) atoms. The van der Waals surface area contributed by atoms with Crippen LogP contribution in [-0.4, -0.2) is 48.0 Å². The van der Waals surface area contributed by atoms with Crippen molar-refractivity contribution in [3.8, 4) is 0 Å². The van der Waals surface area contributed by atoms with Gasteiger partial charge in [-0.3, -0.25) is 0 Å². The molecule has 1 saturated heterocycles. The number of urea groups is 1. The molecule has 0 aliphatic carbocycles. The molecule has 1 atom stereocenters. The molecule has 1 fully saturated rings. The molecule has 3 N–H and O–H groups in total. The molecule has 5 nitrogen and oxygen atoms in total. The van der Waals surface area contributed by atoms with Crippen molar-refractivity contribution in [3.63, 3.8) is 0 Å². The number of hydrogen-bond acceptors (Lipinski definition) is 3. The van der Waals surface area contributed by atoms with Crippen LogP contribution in [0, 0.1) is 0 Å². The Morgan fingerprint density at radius 2 is 2.25 bits per heavy atom. The fraction of sp³-hybridized carbons (Fsp3) is 0.889. The van der Waals surface area contributed by atoms with E-state index in [1.165, 1.54) is 0 Å². The maximum absolute atomic E-state index is 11.3. The van der Waals surface area contributed by atoms with Crippen LogP contribution in [0.15, 0.2) is 0 Å². The largest absolute Gasteiger partial charge is 0.441 e. The zero-order chi connectivity index (χ0) is 12.2. The SMILES string of the molecule is CCCC(CCN1CCNC1=O)[Si](O)(O)Cl. The zero-order valence-corrected chi connectivity index (χ0v) is 11.2. The second-order valence-corrected chi connectivity index (χ2v) is 7.89. The quantitative estimate of drug-likeness (QED) is 0.490. The van der Waals surface area contributed by atoms with Crippen LogP contribution in [-0.2, 0) is 0 Å². The predicted octanol–water partition coefficient (Wildman–Crippen LogP) is 0.734. The van der Waals surface area contributed by atoms with Crippen LogP contribution in [0.1, 0.15) is 26.2 Å². The number of nitrogens with zero attached hydrogens (tertiary/aromatic N) is 1. The highest BCUT2D eigenvalue weighted by molar-refractivity contribution is 7.12. The summed E-state index contributed by atoms with van der Waals surface area (Å²) in [6.07, 6.45) is 2.11. The molecule has 0 aromatic heterocycles. The summed E-state index contributed by atoms with van der Waals surface area (Å²) in [6, 6.07) is -0.0760. The zero-order valence-electron chi connectivity index (χ0n) is 9.45. The number of halogens is 1. The van der Waals surface area contributed by atoms with Gasteiger partial charge in [0.25, 0.3) is 0 Å². The summed E-state index contributed by atoms with van der Waals surface area (Å²) in [6.45, 7) is 3.87. The summed E-state index contributed by atoms with van der Waals surface area (Å²) in [5.74, 6) is 0. The van der Waals surface area contributed by atoms with Crippen LogP contribution in [0.3, 0.4) is 0 Å².